The third-order valence-corrected chi connectivity index (χ3v) is 3.21. The van der Waals surface area contributed by atoms with Crippen LogP contribution in [0.1, 0.15) is 26.5 Å². The molecule has 0 aromatic carbocycles. The fourth-order valence-corrected chi connectivity index (χ4v) is 1.41. The van der Waals surface area contributed by atoms with Gasteiger partial charge in [-0.15, -0.1) is 0 Å². The molecule has 0 aliphatic carbocycles. The van der Waals surface area contributed by atoms with Gasteiger partial charge in [-0.1, -0.05) is 13.8 Å². The molecule has 0 aliphatic rings. The third kappa shape index (κ3) is 3.61. The SMILES string of the molecule is CC(C)C(C)(O)CNCCc1ccnn1C. The van der Waals surface area contributed by atoms with Gasteiger partial charge < -0.3 is 10.4 Å². The molecule has 1 rings (SSSR count). The molecule has 0 aliphatic heterocycles. The van der Waals surface area contributed by atoms with Crippen LogP contribution in [0.2, 0.25) is 0 Å². The predicted molar refractivity (Wildman–Crippen MR) is 65.2 cm³/mol. The molecule has 0 saturated heterocycles. The highest BCUT2D eigenvalue weighted by molar-refractivity contribution is 5.00. The van der Waals surface area contributed by atoms with Gasteiger partial charge in [-0.05, 0) is 18.9 Å². The molecule has 1 unspecified atom stereocenters. The van der Waals surface area contributed by atoms with Gasteiger partial charge >= 0.3 is 0 Å². The largest absolute Gasteiger partial charge is 0.389 e. The van der Waals surface area contributed by atoms with Gasteiger partial charge in [-0.2, -0.15) is 5.10 Å². The highest BCUT2D eigenvalue weighted by Gasteiger charge is 2.23. The highest BCUT2D eigenvalue weighted by atomic mass is 16.3. The number of nitrogens with one attached hydrogen (secondary N) is 1. The summed E-state index contributed by atoms with van der Waals surface area (Å²) in [5, 5.41) is 17.4. The quantitative estimate of drug-likeness (QED) is 0.709. The lowest BCUT2D eigenvalue weighted by molar-refractivity contribution is 0.0145. The molecule has 0 amide bonds. The van der Waals surface area contributed by atoms with Crippen molar-refractivity contribution in [2.45, 2.75) is 32.8 Å². The van der Waals surface area contributed by atoms with E-state index in [2.05, 4.69) is 10.4 Å². The number of rotatable bonds is 6. The van der Waals surface area contributed by atoms with Crippen molar-refractivity contribution < 1.29 is 5.11 Å². The van der Waals surface area contributed by atoms with E-state index in [-0.39, 0.29) is 5.92 Å². The first-order chi connectivity index (χ1) is 7.43. The van der Waals surface area contributed by atoms with E-state index in [1.807, 2.05) is 38.6 Å². The summed E-state index contributed by atoms with van der Waals surface area (Å²) >= 11 is 0. The minimum Gasteiger partial charge on any atom is -0.389 e. The van der Waals surface area contributed by atoms with E-state index in [1.165, 1.54) is 5.69 Å². The monoisotopic (exact) mass is 225 g/mol. The summed E-state index contributed by atoms with van der Waals surface area (Å²) in [6, 6.07) is 2.02. The molecule has 92 valence electrons. The van der Waals surface area contributed by atoms with Crippen molar-refractivity contribution in [1.82, 2.24) is 15.1 Å². The molecule has 0 fully saturated rings. The normalized spacial score (nSPS) is 15.4. The zero-order valence-corrected chi connectivity index (χ0v) is 10.7. The third-order valence-electron chi connectivity index (χ3n) is 3.21. The zero-order chi connectivity index (χ0) is 12.2. The molecule has 0 saturated carbocycles. The van der Waals surface area contributed by atoms with Gasteiger partial charge in [0.15, 0.2) is 0 Å². The summed E-state index contributed by atoms with van der Waals surface area (Å²) < 4.78 is 1.88. The topological polar surface area (TPSA) is 50.1 Å². The molecule has 0 radical (unpaired) electrons. The first kappa shape index (κ1) is 13.2. The Morgan fingerprint density at radius 1 is 1.56 bits per heavy atom. The van der Waals surface area contributed by atoms with Crippen LogP contribution >= 0.6 is 0 Å². The lowest BCUT2D eigenvalue weighted by Crippen LogP contribution is -2.42. The standard InChI is InChI=1S/C12H23N3O/c1-10(2)12(3,16)9-13-7-5-11-6-8-14-15(11)4/h6,8,10,13,16H,5,7,9H2,1-4H3. The Balaban J connectivity index is 2.25. The van der Waals surface area contributed by atoms with E-state index < -0.39 is 5.60 Å². The Morgan fingerprint density at radius 2 is 2.25 bits per heavy atom. The molecule has 0 spiro atoms. The van der Waals surface area contributed by atoms with Crippen molar-refractivity contribution in [2.24, 2.45) is 13.0 Å². The van der Waals surface area contributed by atoms with Crippen molar-refractivity contribution in [3.8, 4) is 0 Å². The van der Waals surface area contributed by atoms with Gasteiger partial charge in [0.1, 0.15) is 0 Å². The Kier molecular flexibility index (Phi) is 4.50. The van der Waals surface area contributed by atoms with Crippen LogP contribution in [0.5, 0.6) is 0 Å². The molecular weight excluding hydrogens is 202 g/mol. The van der Waals surface area contributed by atoms with Gasteiger partial charge in [-0.3, -0.25) is 4.68 Å². The number of aryl methyl sites for hydroxylation is 1. The van der Waals surface area contributed by atoms with Gasteiger partial charge in [-0.25, -0.2) is 0 Å². The molecule has 4 nitrogen and oxygen atoms in total. The van der Waals surface area contributed by atoms with E-state index in [9.17, 15) is 5.11 Å². The van der Waals surface area contributed by atoms with Crippen LogP contribution in [0.3, 0.4) is 0 Å². The molecule has 2 N–H and O–H groups in total. The van der Waals surface area contributed by atoms with Gasteiger partial charge in [0, 0.05) is 38.4 Å². The maximum atomic E-state index is 10.0. The molecule has 1 heterocycles. The minimum absolute atomic E-state index is 0.261. The molecule has 1 atom stereocenters. The molecule has 4 heteroatoms. The van der Waals surface area contributed by atoms with Crippen LogP contribution in [0.25, 0.3) is 0 Å². The fraction of sp³-hybridized carbons (Fsp3) is 0.750. The summed E-state index contributed by atoms with van der Waals surface area (Å²) in [6.07, 6.45) is 2.74. The first-order valence-electron chi connectivity index (χ1n) is 5.83. The highest BCUT2D eigenvalue weighted by Crippen LogP contribution is 2.14. The Labute approximate surface area is 97.7 Å². The van der Waals surface area contributed by atoms with Crippen LogP contribution < -0.4 is 5.32 Å². The average molecular weight is 225 g/mol. The minimum atomic E-state index is -0.632. The number of aromatic nitrogens is 2. The maximum absolute atomic E-state index is 10.0. The van der Waals surface area contributed by atoms with E-state index in [0.29, 0.717) is 6.54 Å². The molecule has 1 aromatic heterocycles. The fourth-order valence-electron chi connectivity index (χ4n) is 1.41. The summed E-state index contributed by atoms with van der Waals surface area (Å²) in [4.78, 5) is 0. The van der Waals surface area contributed by atoms with Gasteiger partial charge in [0.2, 0.25) is 0 Å². The molecule has 1 aromatic rings. The van der Waals surface area contributed by atoms with Crippen LogP contribution in [-0.4, -0.2) is 33.6 Å². The van der Waals surface area contributed by atoms with Crippen LogP contribution in [0.15, 0.2) is 12.3 Å². The number of hydrogen-bond acceptors (Lipinski definition) is 3. The second-order valence-electron chi connectivity index (χ2n) is 4.88. The van der Waals surface area contributed by atoms with Crippen LogP contribution in [-0.2, 0) is 13.5 Å². The van der Waals surface area contributed by atoms with Crippen molar-refractivity contribution in [3.63, 3.8) is 0 Å². The zero-order valence-electron chi connectivity index (χ0n) is 10.7. The van der Waals surface area contributed by atoms with Gasteiger partial charge in [0.05, 0.1) is 5.60 Å². The van der Waals surface area contributed by atoms with Crippen molar-refractivity contribution in [3.05, 3.63) is 18.0 Å². The van der Waals surface area contributed by atoms with E-state index in [4.69, 9.17) is 0 Å². The van der Waals surface area contributed by atoms with E-state index in [0.717, 1.165) is 13.0 Å². The van der Waals surface area contributed by atoms with Crippen LogP contribution in [0, 0.1) is 5.92 Å². The molecule has 0 bridgehead atoms. The Bertz CT molecular complexity index is 318. The lowest BCUT2D eigenvalue weighted by atomic mass is 9.92. The summed E-state index contributed by atoms with van der Waals surface area (Å²) in [5.41, 5.74) is 0.573. The maximum Gasteiger partial charge on any atom is 0.0766 e. The summed E-state index contributed by atoms with van der Waals surface area (Å²) in [7, 11) is 1.94. The second kappa shape index (κ2) is 5.46. The second-order valence-corrected chi connectivity index (χ2v) is 4.88. The summed E-state index contributed by atoms with van der Waals surface area (Å²) in [6.45, 7) is 7.42. The van der Waals surface area contributed by atoms with Crippen molar-refractivity contribution in [1.29, 1.82) is 0 Å². The van der Waals surface area contributed by atoms with Gasteiger partial charge in [0.25, 0.3) is 0 Å². The van der Waals surface area contributed by atoms with E-state index >= 15 is 0 Å². The Morgan fingerprint density at radius 3 is 2.75 bits per heavy atom. The lowest BCUT2D eigenvalue weighted by Gasteiger charge is -2.27. The Hall–Kier alpha value is -0.870. The van der Waals surface area contributed by atoms with Crippen molar-refractivity contribution >= 4 is 0 Å². The average Bonchev–Trinajstić information content (AvgIpc) is 2.59. The number of hydrogen-bond donors (Lipinski definition) is 2. The predicted octanol–water partition coefficient (Wildman–Crippen LogP) is 0.959. The smallest absolute Gasteiger partial charge is 0.0766 e. The molecule has 16 heavy (non-hydrogen) atoms. The molecular formula is C12H23N3O. The first-order valence-corrected chi connectivity index (χ1v) is 5.83. The summed E-state index contributed by atoms with van der Waals surface area (Å²) in [5.74, 6) is 0.261. The number of nitrogens with zero attached hydrogens (tertiary/aromatic N) is 2. The van der Waals surface area contributed by atoms with Crippen LogP contribution in [0.4, 0.5) is 0 Å². The number of aliphatic hydroxyl groups is 1. The van der Waals surface area contributed by atoms with Crippen molar-refractivity contribution in [2.75, 3.05) is 13.1 Å². The van der Waals surface area contributed by atoms with E-state index in [1.54, 1.807) is 6.20 Å².